The summed E-state index contributed by atoms with van der Waals surface area (Å²) in [5.41, 5.74) is 4.11. The van der Waals surface area contributed by atoms with E-state index in [0.717, 1.165) is 22.5 Å². The van der Waals surface area contributed by atoms with Crippen LogP contribution in [0.5, 0.6) is 11.5 Å². The zero-order valence-electron chi connectivity index (χ0n) is 13.4. The van der Waals surface area contributed by atoms with Crippen LogP contribution in [0.4, 0.5) is 0 Å². The fourth-order valence-corrected chi connectivity index (χ4v) is 2.39. The molecule has 2 aromatic rings. The summed E-state index contributed by atoms with van der Waals surface area (Å²) in [6.45, 7) is 4.42. The van der Waals surface area contributed by atoms with Gasteiger partial charge < -0.3 is 19.8 Å². The van der Waals surface area contributed by atoms with Crippen molar-refractivity contribution in [2.75, 3.05) is 14.2 Å². The lowest BCUT2D eigenvalue weighted by atomic mass is 10.1. The maximum Gasteiger partial charge on any atom is 0.224 e. The van der Waals surface area contributed by atoms with Gasteiger partial charge in [0.25, 0.3) is 0 Å². The van der Waals surface area contributed by atoms with E-state index in [1.54, 1.807) is 14.2 Å². The Bertz CT molecular complexity index is 662. The molecule has 1 aromatic carbocycles. The summed E-state index contributed by atoms with van der Waals surface area (Å²) in [6, 6.07) is 7.61. The van der Waals surface area contributed by atoms with Crippen LogP contribution in [0.3, 0.4) is 0 Å². The SMILES string of the molecule is COc1ccc(CNC(=O)Cc2cc(C)[nH]c2C)cc1OC. The lowest BCUT2D eigenvalue weighted by molar-refractivity contribution is -0.120. The van der Waals surface area contributed by atoms with Gasteiger partial charge in [0, 0.05) is 17.9 Å². The van der Waals surface area contributed by atoms with Crippen molar-refractivity contribution in [3.63, 3.8) is 0 Å². The Kier molecular flexibility index (Phi) is 5.09. The molecule has 0 aliphatic carbocycles. The standard InChI is InChI=1S/C17H22N2O3/c1-11-7-14(12(2)19-11)9-17(20)18-10-13-5-6-15(21-3)16(8-13)22-4/h5-8,19H,9-10H2,1-4H3,(H,18,20). The van der Waals surface area contributed by atoms with Crippen LogP contribution < -0.4 is 14.8 Å². The van der Waals surface area contributed by atoms with E-state index in [0.29, 0.717) is 24.5 Å². The van der Waals surface area contributed by atoms with E-state index in [-0.39, 0.29) is 5.91 Å². The molecule has 2 N–H and O–H groups in total. The molecular formula is C17H22N2O3. The number of aryl methyl sites for hydroxylation is 2. The van der Waals surface area contributed by atoms with E-state index in [4.69, 9.17) is 9.47 Å². The van der Waals surface area contributed by atoms with Crippen LogP contribution in [0.15, 0.2) is 24.3 Å². The van der Waals surface area contributed by atoms with Crippen molar-refractivity contribution in [2.45, 2.75) is 26.8 Å². The third-order valence-electron chi connectivity index (χ3n) is 3.55. The number of nitrogens with one attached hydrogen (secondary N) is 2. The zero-order chi connectivity index (χ0) is 16.1. The predicted octanol–water partition coefficient (Wildman–Crippen LogP) is 2.51. The van der Waals surface area contributed by atoms with E-state index >= 15 is 0 Å². The molecule has 0 atom stereocenters. The molecule has 0 saturated carbocycles. The number of ether oxygens (including phenoxy) is 2. The molecule has 0 unspecified atom stereocenters. The van der Waals surface area contributed by atoms with Crippen LogP contribution in [0.25, 0.3) is 0 Å². The lowest BCUT2D eigenvalue weighted by Gasteiger charge is -2.10. The molecule has 1 aromatic heterocycles. The maximum absolute atomic E-state index is 12.0. The van der Waals surface area contributed by atoms with E-state index in [1.165, 1.54) is 0 Å². The zero-order valence-corrected chi connectivity index (χ0v) is 13.4. The van der Waals surface area contributed by atoms with E-state index in [2.05, 4.69) is 10.3 Å². The number of aromatic amines is 1. The first-order chi connectivity index (χ1) is 10.5. The van der Waals surface area contributed by atoms with Crippen LogP contribution >= 0.6 is 0 Å². The summed E-state index contributed by atoms with van der Waals surface area (Å²) in [6.07, 6.45) is 0.378. The number of aromatic nitrogens is 1. The molecule has 1 amide bonds. The minimum absolute atomic E-state index is 0.00288. The molecule has 2 rings (SSSR count). The van der Waals surface area contributed by atoms with Gasteiger partial charge in [-0.15, -0.1) is 0 Å². The van der Waals surface area contributed by atoms with Gasteiger partial charge in [0.1, 0.15) is 0 Å². The van der Waals surface area contributed by atoms with E-state index < -0.39 is 0 Å². The largest absolute Gasteiger partial charge is 0.493 e. The second-order valence-electron chi connectivity index (χ2n) is 5.25. The van der Waals surface area contributed by atoms with Gasteiger partial charge >= 0.3 is 0 Å². The smallest absolute Gasteiger partial charge is 0.224 e. The van der Waals surface area contributed by atoms with Crippen molar-refractivity contribution in [3.05, 3.63) is 46.8 Å². The highest BCUT2D eigenvalue weighted by Gasteiger charge is 2.09. The van der Waals surface area contributed by atoms with Gasteiger partial charge in [-0.1, -0.05) is 6.07 Å². The Morgan fingerprint density at radius 1 is 1.14 bits per heavy atom. The molecular weight excluding hydrogens is 280 g/mol. The highest BCUT2D eigenvalue weighted by atomic mass is 16.5. The number of carbonyl (C=O) groups excluding carboxylic acids is 1. The summed E-state index contributed by atoms with van der Waals surface area (Å²) in [7, 11) is 3.19. The highest BCUT2D eigenvalue weighted by molar-refractivity contribution is 5.78. The third-order valence-corrected chi connectivity index (χ3v) is 3.55. The predicted molar refractivity (Wildman–Crippen MR) is 85.4 cm³/mol. The van der Waals surface area contributed by atoms with Crippen molar-refractivity contribution in [2.24, 2.45) is 0 Å². The monoisotopic (exact) mass is 302 g/mol. The molecule has 0 bridgehead atoms. The van der Waals surface area contributed by atoms with E-state index in [1.807, 2.05) is 38.1 Å². The van der Waals surface area contributed by atoms with Gasteiger partial charge in [-0.05, 0) is 43.2 Å². The van der Waals surface area contributed by atoms with Crippen molar-refractivity contribution < 1.29 is 14.3 Å². The van der Waals surface area contributed by atoms with Crippen LogP contribution in [0.2, 0.25) is 0 Å². The Morgan fingerprint density at radius 2 is 1.86 bits per heavy atom. The first-order valence-electron chi connectivity index (χ1n) is 7.16. The molecule has 0 aliphatic heterocycles. The van der Waals surface area contributed by atoms with Gasteiger partial charge in [0.15, 0.2) is 11.5 Å². The molecule has 22 heavy (non-hydrogen) atoms. The number of hydrogen-bond donors (Lipinski definition) is 2. The topological polar surface area (TPSA) is 63.3 Å². The minimum Gasteiger partial charge on any atom is -0.493 e. The fraction of sp³-hybridized carbons (Fsp3) is 0.353. The average Bonchev–Trinajstić information content (AvgIpc) is 2.82. The number of carbonyl (C=O) groups is 1. The minimum atomic E-state index is -0.00288. The van der Waals surface area contributed by atoms with Crippen LogP contribution in [-0.4, -0.2) is 25.1 Å². The second kappa shape index (κ2) is 7.02. The summed E-state index contributed by atoms with van der Waals surface area (Å²) < 4.78 is 10.5. The first kappa shape index (κ1) is 15.9. The molecule has 0 fully saturated rings. The van der Waals surface area contributed by atoms with Gasteiger partial charge in [-0.25, -0.2) is 0 Å². The molecule has 0 saturated heterocycles. The second-order valence-corrected chi connectivity index (χ2v) is 5.25. The highest BCUT2D eigenvalue weighted by Crippen LogP contribution is 2.27. The third kappa shape index (κ3) is 3.81. The van der Waals surface area contributed by atoms with Crippen LogP contribution in [0.1, 0.15) is 22.5 Å². The number of benzene rings is 1. The van der Waals surface area contributed by atoms with Gasteiger partial charge in [-0.3, -0.25) is 4.79 Å². The van der Waals surface area contributed by atoms with Crippen molar-refractivity contribution in [3.8, 4) is 11.5 Å². The number of methoxy groups -OCH3 is 2. The molecule has 1 heterocycles. The lowest BCUT2D eigenvalue weighted by Crippen LogP contribution is -2.24. The molecule has 0 spiro atoms. The van der Waals surface area contributed by atoms with Crippen LogP contribution in [0, 0.1) is 13.8 Å². The first-order valence-corrected chi connectivity index (χ1v) is 7.16. The Labute approximate surface area is 130 Å². The Hall–Kier alpha value is -2.43. The van der Waals surface area contributed by atoms with Crippen molar-refractivity contribution in [1.82, 2.24) is 10.3 Å². The molecule has 5 nitrogen and oxygen atoms in total. The molecule has 0 aliphatic rings. The number of amides is 1. The fourth-order valence-electron chi connectivity index (χ4n) is 2.39. The van der Waals surface area contributed by atoms with Gasteiger partial charge in [0.05, 0.1) is 20.6 Å². The molecule has 5 heteroatoms. The summed E-state index contributed by atoms with van der Waals surface area (Å²) in [4.78, 5) is 15.2. The quantitative estimate of drug-likeness (QED) is 0.862. The number of hydrogen-bond acceptors (Lipinski definition) is 3. The normalized spacial score (nSPS) is 10.4. The maximum atomic E-state index is 12.0. The summed E-state index contributed by atoms with van der Waals surface area (Å²) in [5.74, 6) is 1.33. The van der Waals surface area contributed by atoms with Gasteiger partial charge in [-0.2, -0.15) is 0 Å². The summed E-state index contributed by atoms with van der Waals surface area (Å²) in [5, 5.41) is 2.92. The van der Waals surface area contributed by atoms with Gasteiger partial charge in [0.2, 0.25) is 5.91 Å². The number of H-pyrrole nitrogens is 1. The van der Waals surface area contributed by atoms with Crippen molar-refractivity contribution >= 4 is 5.91 Å². The Balaban J connectivity index is 1.95. The van der Waals surface area contributed by atoms with Crippen LogP contribution in [-0.2, 0) is 17.8 Å². The van der Waals surface area contributed by atoms with E-state index in [9.17, 15) is 4.79 Å². The van der Waals surface area contributed by atoms with Crippen molar-refractivity contribution in [1.29, 1.82) is 0 Å². The Morgan fingerprint density at radius 3 is 2.45 bits per heavy atom. The molecule has 118 valence electrons. The average molecular weight is 302 g/mol. The molecule has 0 radical (unpaired) electrons. The number of rotatable bonds is 6. The summed E-state index contributed by atoms with van der Waals surface area (Å²) >= 11 is 0.